The van der Waals surface area contributed by atoms with E-state index in [2.05, 4.69) is 21.5 Å². The quantitative estimate of drug-likeness (QED) is 0.633. The summed E-state index contributed by atoms with van der Waals surface area (Å²) in [5.74, 6) is 0.0676. The first kappa shape index (κ1) is 19.7. The summed E-state index contributed by atoms with van der Waals surface area (Å²) < 4.78 is 33.2. The fourth-order valence-corrected chi connectivity index (χ4v) is 5.56. The molecule has 4 heterocycles. The van der Waals surface area contributed by atoms with Gasteiger partial charge in [0.2, 0.25) is 10.0 Å². The van der Waals surface area contributed by atoms with Gasteiger partial charge in [-0.15, -0.1) is 0 Å². The number of hydrogen-bond acceptors (Lipinski definition) is 7. The zero-order valence-electron chi connectivity index (χ0n) is 16.7. The number of hydrogen-bond donors (Lipinski definition) is 2. The van der Waals surface area contributed by atoms with Crippen molar-refractivity contribution in [1.82, 2.24) is 19.1 Å². The van der Waals surface area contributed by atoms with E-state index in [1.54, 1.807) is 35.1 Å². The summed E-state index contributed by atoms with van der Waals surface area (Å²) in [5, 5.41) is 17.7. The third-order valence-corrected chi connectivity index (χ3v) is 7.74. The summed E-state index contributed by atoms with van der Waals surface area (Å²) in [6.07, 6.45) is 2.15. The number of nitrogens with one attached hydrogen (secondary N) is 2. The van der Waals surface area contributed by atoms with E-state index in [1.165, 1.54) is 11.4 Å². The molecule has 0 amide bonds. The lowest BCUT2D eigenvalue weighted by molar-refractivity contribution is 0.0359. The maximum Gasteiger partial charge on any atom is 0.261 e. The Morgan fingerprint density at radius 2 is 2.19 bits per heavy atom. The van der Waals surface area contributed by atoms with Crippen molar-refractivity contribution in [1.29, 1.82) is 5.26 Å². The molecule has 2 atom stereocenters. The van der Waals surface area contributed by atoms with Crippen molar-refractivity contribution < 1.29 is 13.2 Å². The molecule has 0 unspecified atom stereocenters. The first-order valence-electron chi connectivity index (χ1n) is 9.83. The van der Waals surface area contributed by atoms with Crippen LogP contribution in [0.4, 0.5) is 11.5 Å². The average Bonchev–Trinajstić information content (AvgIpc) is 3.23. The molecule has 2 N–H and O–H groups in total. The number of H-pyrrole nitrogens is 1. The van der Waals surface area contributed by atoms with Crippen LogP contribution in [0.1, 0.15) is 18.0 Å². The van der Waals surface area contributed by atoms with Crippen molar-refractivity contribution in [3.63, 3.8) is 0 Å². The molecule has 0 saturated carbocycles. The molecule has 0 radical (unpaired) electrons. The Labute approximate surface area is 178 Å². The van der Waals surface area contributed by atoms with Crippen LogP contribution in [0.5, 0.6) is 0 Å². The molecule has 3 aromatic rings. The van der Waals surface area contributed by atoms with Gasteiger partial charge in [-0.1, -0.05) is 0 Å². The van der Waals surface area contributed by atoms with Gasteiger partial charge in [0.15, 0.2) is 5.82 Å². The van der Waals surface area contributed by atoms with Gasteiger partial charge in [0.1, 0.15) is 5.39 Å². The normalized spacial score (nSPS) is 22.8. The van der Waals surface area contributed by atoms with E-state index in [-0.39, 0.29) is 29.0 Å². The first-order chi connectivity index (χ1) is 14.9. The molecular weight excluding hydrogens is 420 g/mol. The number of pyridine rings is 1. The van der Waals surface area contributed by atoms with Crippen LogP contribution in [0.2, 0.25) is 0 Å². The van der Waals surface area contributed by atoms with E-state index in [4.69, 9.17) is 4.74 Å². The number of ether oxygens (including phenoxy) is 1. The van der Waals surface area contributed by atoms with Gasteiger partial charge in [-0.25, -0.2) is 8.42 Å². The molecule has 0 aliphatic carbocycles. The number of aromatic amines is 1. The van der Waals surface area contributed by atoms with Crippen LogP contribution < -0.4 is 10.9 Å². The van der Waals surface area contributed by atoms with Crippen LogP contribution in [-0.4, -0.2) is 47.7 Å². The third kappa shape index (κ3) is 3.11. The average molecular weight is 440 g/mol. The monoisotopic (exact) mass is 440 g/mol. The van der Waals surface area contributed by atoms with Crippen molar-refractivity contribution in [3.8, 4) is 6.07 Å². The second-order valence-corrected chi connectivity index (χ2v) is 9.75. The molecule has 160 valence electrons. The standard InChI is InChI=1S/C20H20N6O4S/c1-25-10-13-8-14(2-3-17(13)31(25,28)29)23-19-18-15(4-6-22-20(18)27)26(24-19)16-11-30-7-5-12(16)9-21/h2-4,6,8,12,16H,5,7,10-11H2,1H3,(H,22,27)(H,23,24)/t12-,16+/m1/s1. The number of sulfonamides is 1. The summed E-state index contributed by atoms with van der Waals surface area (Å²) in [7, 11) is -1.91. The van der Waals surface area contributed by atoms with Crippen LogP contribution in [0.15, 0.2) is 40.2 Å². The van der Waals surface area contributed by atoms with Gasteiger partial charge in [0.05, 0.1) is 35.0 Å². The topological polar surface area (TPSA) is 133 Å². The van der Waals surface area contributed by atoms with Crippen molar-refractivity contribution in [2.75, 3.05) is 25.6 Å². The Balaban J connectivity index is 1.58. The summed E-state index contributed by atoms with van der Waals surface area (Å²) >= 11 is 0. The number of aromatic nitrogens is 3. The number of fused-ring (bicyclic) bond motifs is 2. The van der Waals surface area contributed by atoms with Crippen molar-refractivity contribution >= 4 is 32.4 Å². The van der Waals surface area contributed by atoms with Crippen molar-refractivity contribution in [2.24, 2.45) is 5.92 Å². The van der Waals surface area contributed by atoms with Crippen LogP contribution >= 0.6 is 0 Å². The van der Waals surface area contributed by atoms with E-state index in [0.29, 0.717) is 47.6 Å². The van der Waals surface area contributed by atoms with Crippen LogP contribution in [-0.2, 0) is 21.3 Å². The zero-order chi connectivity index (χ0) is 21.8. The van der Waals surface area contributed by atoms with Gasteiger partial charge in [-0.2, -0.15) is 14.7 Å². The molecule has 0 bridgehead atoms. The number of nitriles is 1. The van der Waals surface area contributed by atoms with Crippen LogP contribution in [0.25, 0.3) is 10.9 Å². The number of anilines is 2. The van der Waals surface area contributed by atoms with Crippen molar-refractivity contribution in [3.05, 3.63) is 46.4 Å². The minimum absolute atomic E-state index is 0.273. The van der Waals surface area contributed by atoms with Gasteiger partial charge in [-0.3, -0.25) is 9.48 Å². The fourth-order valence-electron chi connectivity index (χ4n) is 4.22. The highest BCUT2D eigenvalue weighted by Gasteiger charge is 2.32. The molecular formula is C20H20N6O4S. The lowest BCUT2D eigenvalue weighted by Gasteiger charge is -2.27. The molecule has 1 aromatic carbocycles. The highest BCUT2D eigenvalue weighted by Crippen LogP contribution is 2.34. The first-order valence-corrected chi connectivity index (χ1v) is 11.3. The summed E-state index contributed by atoms with van der Waals surface area (Å²) in [4.78, 5) is 15.6. The van der Waals surface area contributed by atoms with E-state index < -0.39 is 10.0 Å². The largest absolute Gasteiger partial charge is 0.379 e. The van der Waals surface area contributed by atoms with Gasteiger partial charge in [0, 0.05) is 32.1 Å². The highest BCUT2D eigenvalue weighted by molar-refractivity contribution is 7.89. The Bertz CT molecular complexity index is 1390. The SMILES string of the molecule is CN1Cc2cc(Nc3nn([C@H]4COCC[C@@H]4C#N)c4cc[nH]c(=O)c34)ccc2S1(=O)=O. The molecule has 2 aliphatic rings. The van der Waals surface area contributed by atoms with Crippen LogP contribution in [0, 0.1) is 17.2 Å². The van der Waals surface area contributed by atoms with Crippen LogP contribution in [0.3, 0.4) is 0 Å². The summed E-state index contributed by atoms with van der Waals surface area (Å²) in [6, 6.07) is 8.72. The smallest absolute Gasteiger partial charge is 0.261 e. The second-order valence-electron chi connectivity index (χ2n) is 7.74. The Morgan fingerprint density at radius 1 is 1.35 bits per heavy atom. The second kappa shape index (κ2) is 7.19. The maximum absolute atomic E-state index is 12.6. The summed E-state index contributed by atoms with van der Waals surface area (Å²) in [6.45, 7) is 1.14. The molecule has 1 saturated heterocycles. The number of nitrogens with zero attached hydrogens (tertiary/aromatic N) is 4. The molecule has 2 aromatic heterocycles. The predicted octanol–water partition coefficient (Wildman–Crippen LogP) is 1.70. The Morgan fingerprint density at radius 3 is 3.00 bits per heavy atom. The Kier molecular flexibility index (Phi) is 4.58. The van der Waals surface area contributed by atoms with Gasteiger partial charge in [-0.05, 0) is 36.2 Å². The molecule has 11 heteroatoms. The van der Waals surface area contributed by atoms with Gasteiger partial charge < -0.3 is 15.0 Å². The lowest BCUT2D eigenvalue weighted by Crippen LogP contribution is -2.30. The van der Waals surface area contributed by atoms with E-state index in [9.17, 15) is 18.5 Å². The molecule has 31 heavy (non-hydrogen) atoms. The number of rotatable bonds is 3. The molecule has 10 nitrogen and oxygen atoms in total. The molecule has 2 aliphatic heterocycles. The maximum atomic E-state index is 12.6. The van der Waals surface area contributed by atoms with E-state index >= 15 is 0 Å². The highest BCUT2D eigenvalue weighted by atomic mass is 32.2. The number of benzene rings is 1. The third-order valence-electron chi connectivity index (χ3n) is 5.84. The zero-order valence-corrected chi connectivity index (χ0v) is 17.5. The lowest BCUT2D eigenvalue weighted by atomic mass is 9.96. The fraction of sp³-hybridized carbons (Fsp3) is 0.350. The van der Waals surface area contributed by atoms with Crippen molar-refractivity contribution in [2.45, 2.75) is 23.9 Å². The Hall–Kier alpha value is -3.20. The minimum atomic E-state index is -3.45. The summed E-state index contributed by atoms with van der Waals surface area (Å²) in [5.41, 5.74) is 1.59. The van der Waals surface area contributed by atoms with E-state index in [0.717, 1.165) is 0 Å². The minimum Gasteiger partial charge on any atom is -0.379 e. The van der Waals surface area contributed by atoms with Gasteiger partial charge in [0.25, 0.3) is 5.56 Å². The molecule has 1 fully saturated rings. The van der Waals surface area contributed by atoms with Gasteiger partial charge >= 0.3 is 0 Å². The molecule has 5 rings (SSSR count). The van der Waals surface area contributed by atoms with E-state index in [1.807, 2.05) is 0 Å². The molecule has 0 spiro atoms. The predicted molar refractivity (Wildman–Crippen MR) is 112 cm³/mol.